The van der Waals surface area contributed by atoms with Gasteiger partial charge in [-0.1, -0.05) is 588 Å². The first-order valence-electron chi connectivity index (χ1n) is 51.8. The summed E-state index contributed by atoms with van der Waals surface area (Å²) >= 11 is 0. The lowest BCUT2D eigenvalue weighted by Crippen LogP contribution is -1.90. The summed E-state index contributed by atoms with van der Waals surface area (Å²) in [6.45, 7) is 13.0. The summed E-state index contributed by atoms with van der Waals surface area (Å²) in [5, 5.41) is 0. The Balaban J connectivity index is 0.000000113. The zero-order valence-corrected chi connectivity index (χ0v) is 85.9. The molecule has 0 aliphatic heterocycles. The summed E-state index contributed by atoms with van der Waals surface area (Å²) in [6.07, 6.45) is 0. The van der Waals surface area contributed by atoms with Gasteiger partial charge in [-0.2, -0.15) is 0 Å². The first kappa shape index (κ1) is 100.0. The molecule has 720 valence electrons. The van der Waals surface area contributed by atoms with E-state index in [0.29, 0.717) is 0 Å². The molecule has 0 aliphatic carbocycles. The maximum absolute atomic E-state index is 2.30. The third kappa shape index (κ3) is 24.9. The third-order valence-corrected chi connectivity index (χ3v) is 27.9. The first-order chi connectivity index (χ1) is 73.9. The Morgan fingerprint density at radius 2 is 0.180 bits per heavy atom. The number of rotatable bonds is 18. The highest BCUT2D eigenvalue weighted by molar-refractivity contribution is 5.94. The van der Waals surface area contributed by atoms with E-state index >= 15 is 0 Å². The van der Waals surface area contributed by atoms with Crippen molar-refractivity contribution in [1.29, 1.82) is 0 Å². The van der Waals surface area contributed by atoms with Gasteiger partial charge in [0, 0.05) is 0 Å². The van der Waals surface area contributed by atoms with Crippen LogP contribution in [0.25, 0.3) is 200 Å². The zero-order valence-electron chi connectivity index (χ0n) is 85.9. The van der Waals surface area contributed by atoms with Crippen LogP contribution in [0.2, 0.25) is 0 Å². The molecule has 0 saturated heterocycles. The standard InChI is InChI=1S/6C25H20/c1-19-9-5-6-16-25(19)24-15-8-14-23(18-24)22-13-7-12-21(17-22)20-10-3-2-4-11-20;1-19-11-5-6-14-21(19)23-16-9-10-18-25(23)24-17-8-7-15-22(24)20-12-3-2-4-13-20;1-19-10-5-6-15-23(19)21-13-9-14-22(18-21)25-17-8-7-16-24(25)20-11-3-2-4-12-20;1-19-10-5-6-15-23(19)25-17-8-7-16-24(25)22-14-9-13-21(18-22)20-11-3-2-4-12-20;1-19-9-5-6-12-23(19)25-14-8-7-13-24(25)22-17-15-21(16-18-22)20-10-3-2-4-11-20;1-19-8-5-6-13-25(19)24-12-7-11-23(18-24)22-16-14-21(15-17-22)20-9-3-2-4-10-20/h6*2-18H,1H3. The summed E-state index contributed by atoms with van der Waals surface area (Å²) in [6, 6.07) is 220. The average molecular weight is 1920 g/mol. The summed E-state index contributed by atoms with van der Waals surface area (Å²) in [7, 11) is 0. The van der Waals surface area contributed by atoms with Crippen molar-refractivity contribution in [1.82, 2.24) is 0 Å². The molecule has 150 heavy (non-hydrogen) atoms. The van der Waals surface area contributed by atoms with Crippen molar-refractivity contribution in [2.75, 3.05) is 0 Å². The van der Waals surface area contributed by atoms with Gasteiger partial charge in [-0.25, -0.2) is 0 Å². The molecule has 0 heterocycles. The smallest absolute Gasteiger partial charge is 0.00991 e. The van der Waals surface area contributed by atoms with Gasteiger partial charge in [0.25, 0.3) is 0 Å². The number of hydrogen-bond donors (Lipinski definition) is 0. The Morgan fingerprint density at radius 3 is 0.440 bits per heavy atom. The van der Waals surface area contributed by atoms with E-state index in [0.717, 1.165) is 0 Å². The minimum atomic E-state index is 1.25. The van der Waals surface area contributed by atoms with Gasteiger partial charge >= 0.3 is 0 Å². The molecule has 0 atom stereocenters. The second-order valence-electron chi connectivity index (χ2n) is 37.9. The van der Waals surface area contributed by atoms with Crippen LogP contribution in [0.1, 0.15) is 33.4 Å². The molecule has 0 nitrogen and oxygen atoms in total. The van der Waals surface area contributed by atoms with Crippen LogP contribution < -0.4 is 0 Å². The lowest BCUT2D eigenvalue weighted by molar-refractivity contribution is 1.45. The molecule has 0 aliphatic rings. The highest BCUT2D eigenvalue weighted by Crippen LogP contribution is 2.44. The fourth-order valence-electron chi connectivity index (χ4n) is 20.0. The van der Waals surface area contributed by atoms with Crippen molar-refractivity contribution in [3.05, 3.63) is 652 Å². The molecule has 24 rings (SSSR count). The predicted molar refractivity (Wildman–Crippen MR) is 645 cm³/mol. The molecule has 0 spiro atoms. The van der Waals surface area contributed by atoms with E-state index in [9.17, 15) is 0 Å². The van der Waals surface area contributed by atoms with Gasteiger partial charge in [0.1, 0.15) is 0 Å². The molecular formula is C150H120. The van der Waals surface area contributed by atoms with Gasteiger partial charge in [0.05, 0.1) is 0 Å². The minimum absolute atomic E-state index is 1.25. The van der Waals surface area contributed by atoms with Crippen LogP contribution in [0.15, 0.2) is 619 Å². The van der Waals surface area contributed by atoms with Crippen LogP contribution in [-0.2, 0) is 0 Å². The van der Waals surface area contributed by atoms with Crippen molar-refractivity contribution < 1.29 is 0 Å². The predicted octanol–water partition coefficient (Wildman–Crippen LogP) is 42.0. The molecular weight excluding hydrogens is 1800 g/mol. The molecule has 0 unspecified atom stereocenters. The quantitative estimate of drug-likeness (QED) is 0.0803. The van der Waals surface area contributed by atoms with E-state index in [-0.39, 0.29) is 0 Å². The highest BCUT2D eigenvalue weighted by Gasteiger charge is 2.18. The number of hydrogen-bond acceptors (Lipinski definition) is 0. The minimum Gasteiger partial charge on any atom is -0.0622 e. The zero-order chi connectivity index (χ0) is 102. The molecule has 0 fully saturated rings. The highest BCUT2D eigenvalue weighted by atomic mass is 14.2. The molecule has 0 aromatic heterocycles. The van der Waals surface area contributed by atoms with Crippen molar-refractivity contribution in [2.45, 2.75) is 41.5 Å². The topological polar surface area (TPSA) is 0 Å². The Bertz CT molecular complexity index is 8550. The lowest BCUT2D eigenvalue weighted by Gasteiger charge is -2.15. The maximum Gasteiger partial charge on any atom is -0.00991 e. The van der Waals surface area contributed by atoms with Crippen LogP contribution in [0, 0.1) is 41.5 Å². The average Bonchev–Trinajstić information content (AvgIpc) is 0.832. The van der Waals surface area contributed by atoms with Crippen LogP contribution >= 0.6 is 0 Å². The van der Waals surface area contributed by atoms with E-state index in [1.165, 1.54) is 234 Å². The SMILES string of the molecule is Cc1ccccc1-c1cccc(-c2ccc(-c3ccccc3)cc2)c1.Cc1ccccc1-c1cccc(-c2cccc(-c3ccccc3)c2)c1.Cc1ccccc1-c1cccc(-c2ccccc2-c2ccccc2)c1.Cc1ccccc1-c1ccccc1-c1ccc(-c2ccccc2)cc1.Cc1ccccc1-c1ccccc1-c1cccc(-c2ccccc2)c1.Cc1ccccc1-c1ccccc1-c1ccccc1-c1ccccc1. The van der Waals surface area contributed by atoms with E-state index in [4.69, 9.17) is 0 Å². The molecule has 0 radical (unpaired) electrons. The third-order valence-electron chi connectivity index (χ3n) is 27.9. The monoisotopic (exact) mass is 1920 g/mol. The fourth-order valence-corrected chi connectivity index (χ4v) is 20.0. The van der Waals surface area contributed by atoms with Gasteiger partial charge < -0.3 is 0 Å². The molecule has 24 aromatic rings. The Morgan fingerprint density at radius 1 is 0.0667 bits per heavy atom. The molecule has 0 amide bonds. The molecule has 0 saturated carbocycles. The van der Waals surface area contributed by atoms with Crippen molar-refractivity contribution in [2.24, 2.45) is 0 Å². The molecule has 0 bridgehead atoms. The largest absolute Gasteiger partial charge is 0.0622 e. The van der Waals surface area contributed by atoms with Crippen LogP contribution in [0.3, 0.4) is 0 Å². The molecule has 0 N–H and O–H groups in total. The van der Waals surface area contributed by atoms with E-state index in [1.807, 2.05) is 0 Å². The normalized spacial score (nSPS) is 10.6. The van der Waals surface area contributed by atoms with Gasteiger partial charge in [0.15, 0.2) is 0 Å². The second-order valence-corrected chi connectivity index (χ2v) is 37.9. The Hall–Kier alpha value is -18.7. The first-order valence-corrected chi connectivity index (χ1v) is 51.8. The van der Waals surface area contributed by atoms with Crippen molar-refractivity contribution >= 4 is 0 Å². The van der Waals surface area contributed by atoms with E-state index in [1.54, 1.807) is 0 Å². The van der Waals surface area contributed by atoms with E-state index in [2.05, 4.69) is 660 Å². The molecule has 24 aromatic carbocycles. The van der Waals surface area contributed by atoms with Crippen LogP contribution in [0.4, 0.5) is 0 Å². The van der Waals surface area contributed by atoms with Gasteiger partial charge in [-0.15, -0.1) is 0 Å². The Labute approximate surface area is 887 Å². The maximum atomic E-state index is 2.30. The number of benzene rings is 24. The van der Waals surface area contributed by atoms with E-state index < -0.39 is 0 Å². The molecule has 0 heteroatoms. The van der Waals surface area contributed by atoms with Crippen molar-refractivity contribution in [3.8, 4) is 200 Å². The lowest BCUT2D eigenvalue weighted by atomic mass is 9.88. The van der Waals surface area contributed by atoms with Crippen molar-refractivity contribution in [3.63, 3.8) is 0 Å². The fraction of sp³-hybridized carbons (Fsp3) is 0.0400. The summed E-state index contributed by atoms with van der Waals surface area (Å²) in [4.78, 5) is 0. The summed E-state index contributed by atoms with van der Waals surface area (Å²) < 4.78 is 0. The Kier molecular flexibility index (Phi) is 33.1. The van der Waals surface area contributed by atoms with Gasteiger partial charge in [-0.05, 0) is 306 Å². The summed E-state index contributed by atoms with van der Waals surface area (Å²) in [5.74, 6) is 0. The van der Waals surface area contributed by atoms with Crippen LogP contribution in [-0.4, -0.2) is 0 Å². The van der Waals surface area contributed by atoms with Gasteiger partial charge in [0.2, 0.25) is 0 Å². The van der Waals surface area contributed by atoms with Gasteiger partial charge in [-0.3, -0.25) is 0 Å². The van der Waals surface area contributed by atoms with Crippen LogP contribution in [0.5, 0.6) is 0 Å². The summed E-state index contributed by atoms with van der Waals surface area (Å²) in [5.41, 5.74) is 53.4. The second kappa shape index (κ2) is 49.7. The number of aryl methyl sites for hydroxylation is 6.